The number of aryl methyl sites for hydroxylation is 1. The molecule has 0 atom stereocenters. The number of alkyl halides is 3. The van der Waals surface area contributed by atoms with E-state index in [1.165, 1.54) is 11.3 Å². The van der Waals surface area contributed by atoms with Crippen LogP contribution < -0.4 is 10.6 Å². The topological polar surface area (TPSA) is 80.3 Å². The van der Waals surface area contributed by atoms with Crippen LogP contribution >= 0.6 is 11.3 Å². The van der Waals surface area contributed by atoms with Crippen molar-refractivity contribution >= 4 is 28.5 Å². The van der Waals surface area contributed by atoms with Crippen LogP contribution in [0.2, 0.25) is 0 Å². The number of anilines is 1. The maximum Gasteiger partial charge on any atom is 0.422 e. The third-order valence-corrected chi connectivity index (χ3v) is 2.73. The Bertz CT molecular complexity index is 476. The van der Waals surface area contributed by atoms with Crippen molar-refractivity contribution in [1.82, 2.24) is 10.3 Å². The molecule has 112 valence electrons. The number of ether oxygens (including phenoxy) is 1. The summed E-state index contributed by atoms with van der Waals surface area (Å²) in [5.74, 6) is -0.407. The maximum atomic E-state index is 11.7. The number of aromatic nitrogens is 1. The summed E-state index contributed by atoms with van der Waals surface area (Å²) in [4.78, 5) is 26.3. The molecule has 0 radical (unpaired) electrons. The number of thiazole rings is 1. The summed E-state index contributed by atoms with van der Waals surface area (Å²) in [5.41, 5.74) is 0.763. The lowest BCUT2D eigenvalue weighted by Crippen LogP contribution is -2.31. The molecule has 0 saturated carbocycles. The van der Waals surface area contributed by atoms with Gasteiger partial charge in [-0.25, -0.2) is 9.78 Å². The Morgan fingerprint density at radius 1 is 1.45 bits per heavy atom. The lowest BCUT2D eigenvalue weighted by Gasteiger charge is -2.08. The van der Waals surface area contributed by atoms with Gasteiger partial charge in [-0.2, -0.15) is 13.2 Å². The van der Waals surface area contributed by atoms with Gasteiger partial charge in [0.25, 0.3) is 0 Å². The van der Waals surface area contributed by atoms with Crippen LogP contribution in [0.4, 0.5) is 23.1 Å². The maximum absolute atomic E-state index is 11.7. The third-order valence-electron chi connectivity index (χ3n) is 1.85. The highest BCUT2D eigenvalue weighted by molar-refractivity contribution is 7.13. The van der Waals surface area contributed by atoms with Crippen molar-refractivity contribution in [2.24, 2.45) is 0 Å². The average Bonchev–Trinajstić information content (AvgIpc) is 2.71. The van der Waals surface area contributed by atoms with Gasteiger partial charge in [0.2, 0.25) is 5.91 Å². The van der Waals surface area contributed by atoms with Crippen molar-refractivity contribution in [2.75, 3.05) is 18.5 Å². The van der Waals surface area contributed by atoms with Crippen molar-refractivity contribution in [3.63, 3.8) is 0 Å². The first-order chi connectivity index (χ1) is 9.26. The van der Waals surface area contributed by atoms with Gasteiger partial charge in [0.1, 0.15) is 0 Å². The van der Waals surface area contributed by atoms with Gasteiger partial charge in [-0.1, -0.05) is 0 Å². The van der Waals surface area contributed by atoms with E-state index in [0.29, 0.717) is 5.13 Å². The molecule has 1 aromatic rings. The first-order valence-electron chi connectivity index (χ1n) is 5.45. The predicted molar refractivity (Wildman–Crippen MR) is 65.5 cm³/mol. The summed E-state index contributed by atoms with van der Waals surface area (Å²) >= 11 is 1.25. The summed E-state index contributed by atoms with van der Waals surface area (Å²) in [6.45, 7) is -0.0271. The van der Waals surface area contributed by atoms with Gasteiger partial charge in [-0.3, -0.25) is 4.79 Å². The number of carbonyl (C=O) groups is 2. The van der Waals surface area contributed by atoms with Crippen LogP contribution in [-0.4, -0.2) is 36.3 Å². The molecule has 0 aliphatic carbocycles. The first kappa shape index (κ1) is 16.2. The highest BCUT2D eigenvalue weighted by Gasteiger charge is 2.29. The molecule has 0 aromatic carbocycles. The minimum absolute atomic E-state index is 0.0975. The molecule has 0 saturated heterocycles. The second kappa shape index (κ2) is 7.08. The molecule has 2 amide bonds. The Balaban J connectivity index is 2.17. The fourth-order valence-electron chi connectivity index (χ4n) is 1.07. The van der Waals surface area contributed by atoms with E-state index in [9.17, 15) is 22.8 Å². The molecule has 10 heteroatoms. The molecule has 0 fully saturated rings. The van der Waals surface area contributed by atoms with Crippen molar-refractivity contribution in [3.05, 3.63) is 11.1 Å². The van der Waals surface area contributed by atoms with E-state index in [-0.39, 0.29) is 13.0 Å². The molecule has 1 aromatic heterocycles. The summed E-state index contributed by atoms with van der Waals surface area (Å²) in [7, 11) is 0. The van der Waals surface area contributed by atoms with E-state index in [2.05, 4.69) is 15.0 Å². The fraction of sp³-hybridized carbons (Fsp3) is 0.500. The van der Waals surface area contributed by atoms with E-state index in [0.717, 1.165) is 5.69 Å². The van der Waals surface area contributed by atoms with Gasteiger partial charge < -0.3 is 15.4 Å². The molecule has 1 rings (SSSR count). The van der Waals surface area contributed by atoms with E-state index < -0.39 is 24.8 Å². The van der Waals surface area contributed by atoms with Crippen molar-refractivity contribution in [2.45, 2.75) is 19.5 Å². The number of nitrogens with zero attached hydrogens (tertiary/aromatic N) is 1. The number of rotatable bonds is 5. The van der Waals surface area contributed by atoms with Gasteiger partial charge >= 0.3 is 12.3 Å². The van der Waals surface area contributed by atoms with Crippen LogP contribution in [0.15, 0.2) is 5.38 Å². The number of hydrogen-bond donors (Lipinski definition) is 2. The lowest BCUT2D eigenvalue weighted by atomic mass is 10.4. The Morgan fingerprint density at radius 2 is 2.15 bits per heavy atom. The van der Waals surface area contributed by atoms with Crippen LogP contribution in [0.1, 0.15) is 12.1 Å². The summed E-state index contributed by atoms with van der Waals surface area (Å²) in [6.07, 6.45) is -5.89. The highest BCUT2D eigenvalue weighted by Crippen LogP contribution is 2.15. The molecule has 1 heterocycles. The van der Waals surface area contributed by atoms with E-state index in [1.807, 2.05) is 5.32 Å². The smallest absolute Gasteiger partial charge is 0.422 e. The number of nitrogens with one attached hydrogen (secondary N) is 2. The fourth-order valence-corrected chi connectivity index (χ4v) is 1.77. The predicted octanol–water partition coefficient (Wildman–Crippen LogP) is 2.07. The van der Waals surface area contributed by atoms with Crippen molar-refractivity contribution in [3.8, 4) is 0 Å². The monoisotopic (exact) mass is 311 g/mol. The zero-order valence-corrected chi connectivity index (χ0v) is 11.2. The molecule has 0 aliphatic rings. The molecule has 20 heavy (non-hydrogen) atoms. The SMILES string of the molecule is Cc1csc(NC(=O)CCNC(=O)OCC(F)(F)F)n1. The van der Waals surface area contributed by atoms with Crippen LogP contribution in [0.5, 0.6) is 0 Å². The first-order valence-corrected chi connectivity index (χ1v) is 6.33. The minimum atomic E-state index is -4.57. The van der Waals surface area contributed by atoms with Gasteiger partial charge in [-0.05, 0) is 6.92 Å². The second-order valence-corrected chi connectivity index (χ2v) is 4.57. The van der Waals surface area contributed by atoms with Gasteiger partial charge in [0.15, 0.2) is 11.7 Å². The second-order valence-electron chi connectivity index (χ2n) is 3.71. The zero-order valence-electron chi connectivity index (χ0n) is 10.4. The molecular weight excluding hydrogens is 299 g/mol. The van der Waals surface area contributed by atoms with Crippen LogP contribution in [-0.2, 0) is 9.53 Å². The van der Waals surface area contributed by atoms with Crippen molar-refractivity contribution < 1.29 is 27.5 Å². The summed E-state index contributed by atoms with van der Waals surface area (Å²) < 4.78 is 39.1. The number of hydrogen-bond acceptors (Lipinski definition) is 5. The Labute approximate surface area is 116 Å². The van der Waals surface area contributed by atoms with Gasteiger partial charge in [0.05, 0.1) is 5.69 Å². The molecule has 0 bridgehead atoms. The van der Waals surface area contributed by atoms with Crippen molar-refractivity contribution in [1.29, 1.82) is 0 Å². The van der Waals surface area contributed by atoms with Gasteiger partial charge in [-0.15, -0.1) is 11.3 Å². The van der Waals surface area contributed by atoms with E-state index >= 15 is 0 Å². The quantitative estimate of drug-likeness (QED) is 0.872. The Kier molecular flexibility index (Phi) is 5.74. The van der Waals surface area contributed by atoms with Crippen LogP contribution in [0, 0.1) is 6.92 Å². The third kappa shape index (κ3) is 6.92. The van der Waals surface area contributed by atoms with Crippen LogP contribution in [0.3, 0.4) is 0 Å². The molecular formula is C10H12F3N3O3S. The number of alkyl carbamates (subject to hydrolysis) is 1. The minimum Gasteiger partial charge on any atom is -0.440 e. The van der Waals surface area contributed by atoms with E-state index in [4.69, 9.17) is 0 Å². The average molecular weight is 311 g/mol. The number of carbonyl (C=O) groups excluding carboxylic acids is 2. The largest absolute Gasteiger partial charge is 0.440 e. The molecule has 0 aliphatic heterocycles. The Morgan fingerprint density at radius 3 is 2.70 bits per heavy atom. The van der Waals surface area contributed by atoms with E-state index in [1.54, 1.807) is 12.3 Å². The molecule has 0 unspecified atom stereocenters. The van der Waals surface area contributed by atoms with Crippen LogP contribution in [0.25, 0.3) is 0 Å². The summed E-state index contributed by atoms with van der Waals surface area (Å²) in [6, 6.07) is 0. The molecule has 2 N–H and O–H groups in total. The Hall–Kier alpha value is -1.84. The van der Waals surface area contributed by atoms with Gasteiger partial charge in [0, 0.05) is 18.3 Å². The summed E-state index contributed by atoms with van der Waals surface area (Å²) in [5, 5.41) is 6.70. The molecule has 0 spiro atoms. The lowest BCUT2D eigenvalue weighted by molar-refractivity contribution is -0.160. The zero-order chi connectivity index (χ0) is 15.2. The molecule has 6 nitrogen and oxygen atoms in total. The number of amides is 2. The number of halogens is 3. The highest BCUT2D eigenvalue weighted by atomic mass is 32.1. The normalized spacial score (nSPS) is 11.0. The standard InChI is InChI=1S/C10H12F3N3O3S/c1-6-4-20-8(15-6)16-7(17)2-3-14-9(18)19-5-10(11,12)13/h4H,2-3,5H2,1H3,(H,14,18)(H,15,16,17).